The zero-order valence-electron chi connectivity index (χ0n) is 15.0. The lowest BCUT2D eigenvalue weighted by Crippen LogP contribution is -2.39. The Balaban J connectivity index is 1.74. The Labute approximate surface area is 147 Å². The first kappa shape index (κ1) is 17.8. The molecule has 8 heteroatoms. The average Bonchev–Trinajstić information content (AvgIpc) is 3.27. The smallest absolute Gasteiger partial charge is 0.249 e. The molecule has 2 aliphatic heterocycles. The molecular formula is C17H26N4O4. The Morgan fingerprint density at radius 2 is 2.08 bits per heavy atom. The van der Waals surface area contributed by atoms with Crippen molar-refractivity contribution in [2.75, 3.05) is 13.1 Å². The Hall–Kier alpha value is -1.96. The minimum atomic E-state index is -0.617. The Bertz CT molecular complexity index is 642. The molecule has 2 fully saturated rings. The average molecular weight is 350 g/mol. The summed E-state index contributed by atoms with van der Waals surface area (Å²) in [6, 6.07) is -0.232. The third kappa shape index (κ3) is 3.40. The maximum atomic E-state index is 13.0. The molecule has 8 nitrogen and oxygen atoms in total. The van der Waals surface area contributed by atoms with Gasteiger partial charge in [0.2, 0.25) is 17.7 Å². The van der Waals surface area contributed by atoms with Gasteiger partial charge in [-0.25, -0.2) is 0 Å². The first-order chi connectivity index (χ1) is 11.9. The predicted octanol–water partition coefficient (Wildman–Crippen LogP) is 1.05. The fraction of sp³-hybridized carbons (Fsp3) is 0.765. The summed E-state index contributed by atoms with van der Waals surface area (Å²) in [5.74, 6) is 0.407. The lowest BCUT2D eigenvalue weighted by Gasteiger charge is -2.27. The van der Waals surface area contributed by atoms with Crippen molar-refractivity contribution in [3.05, 3.63) is 11.7 Å². The van der Waals surface area contributed by atoms with Crippen LogP contribution >= 0.6 is 0 Å². The van der Waals surface area contributed by atoms with Crippen molar-refractivity contribution in [3.8, 4) is 0 Å². The van der Waals surface area contributed by atoms with Gasteiger partial charge in [0.15, 0.2) is 5.82 Å². The standard InChI is InChI=1S/C17H26N4O4/c1-4-12(5-2)20-8-11(6-15(20)23)17(24)21-9-13(22)7-14(21)16-18-10(3)19-25-16/h11-14,22H,4-9H2,1-3H3/t11-,13+,14-/m1/s1. The van der Waals surface area contributed by atoms with Crippen LogP contribution in [0.25, 0.3) is 0 Å². The van der Waals surface area contributed by atoms with Crippen LogP contribution in [0.5, 0.6) is 0 Å². The largest absolute Gasteiger partial charge is 0.391 e. The summed E-state index contributed by atoms with van der Waals surface area (Å²) >= 11 is 0. The van der Waals surface area contributed by atoms with Gasteiger partial charge in [-0.2, -0.15) is 4.98 Å². The predicted molar refractivity (Wildman–Crippen MR) is 88.3 cm³/mol. The van der Waals surface area contributed by atoms with E-state index in [0.29, 0.717) is 24.7 Å². The van der Waals surface area contributed by atoms with Gasteiger partial charge in [0.05, 0.1) is 12.0 Å². The van der Waals surface area contributed by atoms with Gasteiger partial charge >= 0.3 is 0 Å². The quantitative estimate of drug-likeness (QED) is 0.852. The summed E-state index contributed by atoms with van der Waals surface area (Å²) < 4.78 is 5.21. The highest BCUT2D eigenvalue weighted by Gasteiger charge is 2.44. The Morgan fingerprint density at radius 3 is 2.68 bits per heavy atom. The van der Waals surface area contributed by atoms with E-state index >= 15 is 0 Å². The second-order valence-electron chi connectivity index (χ2n) is 6.99. The van der Waals surface area contributed by atoms with Crippen LogP contribution in [-0.4, -0.2) is 62.1 Å². The van der Waals surface area contributed by atoms with Crippen molar-refractivity contribution in [2.45, 2.75) is 64.6 Å². The normalized spacial score (nSPS) is 26.9. The van der Waals surface area contributed by atoms with E-state index in [4.69, 9.17) is 4.52 Å². The molecule has 1 aromatic rings. The van der Waals surface area contributed by atoms with Crippen LogP contribution < -0.4 is 0 Å². The number of aromatic nitrogens is 2. The van der Waals surface area contributed by atoms with Gasteiger partial charge in [-0.05, 0) is 19.8 Å². The first-order valence-electron chi connectivity index (χ1n) is 9.02. The summed E-state index contributed by atoms with van der Waals surface area (Å²) in [7, 11) is 0. The van der Waals surface area contributed by atoms with Crippen LogP contribution in [0.15, 0.2) is 4.52 Å². The van der Waals surface area contributed by atoms with Gasteiger partial charge in [0.25, 0.3) is 0 Å². The number of aryl methyl sites for hydroxylation is 1. The number of rotatable bonds is 5. The number of β-amino-alcohol motifs (C(OH)–C–C–N with tert-alkyl or cyclic N) is 1. The number of hydrogen-bond acceptors (Lipinski definition) is 6. The second kappa shape index (κ2) is 7.11. The van der Waals surface area contributed by atoms with Crippen LogP contribution in [0.1, 0.15) is 57.3 Å². The van der Waals surface area contributed by atoms with Crippen molar-refractivity contribution < 1.29 is 19.2 Å². The van der Waals surface area contributed by atoms with Gasteiger partial charge in [0.1, 0.15) is 6.04 Å². The number of nitrogens with zero attached hydrogens (tertiary/aromatic N) is 4. The minimum absolute atomic E-state index is 0.0389. The van der Waals surface area contributed by atoms with E-state index in [1.807, 2.05) is 4.90 Å². The van der Waals surface area contributed by atoms with Gasteiger partial charge in [0, 0.05) is 32.0 Å². The highest BCUT2D eigenvalue weighted by molar-refractivity contribution is 5.89. The molecule has 2 saturated heterocycles. The van der Waals surface area contributed by atoms with Crippen molar-refractivity contribution in [1.82, 2.24) is 19.9 Å². The molecule has 1 N–H and O–H groups in total. The van der Waals surface area contributed by atoms with E-state index < -0.39 is 12.1 Å². The summed E-state index contributed by atoms with van der Waals surface area (Å²) in [6.07, 6.45) is 1.76. The van der Waals surface area contributed by atoms with E-state index in [1.165, 1.54) is 0 Å². The first-order valence-corrected chi connectivity index (χ1v) is 9.02. The summed E-state index contributed by atoms with van der Waals surface area (Å²) in [5.41, 5.74) is 0. The molecule has 25 heavy (non-hydrogen) atoms. The highest BCUT2D eigenvalue weighted by Crippen LogP contribution is 2.34. The fourth-order valence-electron chi connectivity index (χ4n) is 3.95. The van der Waals surface area contributed by atoms with E-state index in [1.54, 1.807) is 11.8 Å². The van der Waals surface area contributed by atoms with E-state index in [9.17, 15) is 14.7 Å². The summed E-state index contributed by atoms with van der Waals surface area (Å²) in [5, 5.41) is 13.8. The Morgan fingerprint density at radius 1 is 1.36 bits per heavy atom. The van der Waals surface area contributed by atoms with E-state index in [0.717, 1.165) is 12.8 Å². The molecule has 3 atom stereocenters. The maximum absolute atomic E-state index is 13.0. The molecule has 3 rings (SSSR count). The number of aliphatic hydroxyl groups is 1. The van der Waals surface area contributed by atoms with Crippen molar-refractivity contribution in [3.63, 3.8) is 0 Å². The van der Waals surface area contributed by atoms with Gasteiger partial charge < -0.3 is 19.4 Å². The maximum Gasteiger partial charge on any atom is 0.249 e. The topological polar surface area (TPSA) is 99.8 Å². The molecule has 0 bridgehead atoms. The number of amides is 2. The highest BCUT2D eigenvalue weighted by atomic mass is 16.5. The molecule has 0 radical (unpaired) electrons. The molecule has 0 unspecified atom stereocenters. The molecule has 0 spiro atoms. The summed E-state index contributed by atoms with van der Waals surface area (Å²) in [6.45, 7) is 6.52. The van der Waals surface area contributed by atoms with Crippen LogP contribution in [0, 0.1) is 12.8 Å². The van der Waals surface area contributed by atoms with Gasteiger partial charge in [-0.1, -0.05) is 19.0 Å². The number of likely N-dealkylation sites (tertiary alicyclic amines) is 2. The van der Waals surface area contributed by atoms with Gasteiger partial charge in [-0.15, -0.1) is 0 Å². The lowest BCUT2D eigenvalue weighted by atomic mass is 10.1. The Kier molecular flexibility index (Phi) is 5.08. The molecule has 3 heterocycles. The van der Waals surface area contributed by atoms with Gasteiger partial charge in [-0.3, -0.25) is 9.59 Å². The summed E-state index contributed by atoms with van der Waals surface area (Å²) in [4.78, 5) is 33.0. The molecular weight excluding hydrogens is 324 g/mol. The van der Waals surface area contributed by atoms with Crippen molar-refractivity contribution in [1.29, 1.82) is 0 Å². The third-order valence-corrected chi connectivity index (χ3v) is 5.28. The molecule has 2 amide bonds. The van der Waals surface area contributed by atoms with E-state index in [-0.39, 0.29) is 36.7 Å². The van der Waals surface area contributed by atoms with Crippen molar-refractivity contribution >= 4 is 11.8 Å². The SMILES string of the molecule is CCC(CC)N1C[C@H](C(=O)N2C[C@@H](O)C[C@@H]2c2nc(C)no2)CC1=O. The molecule has 0 aromatic carbocycles. The van der Waals surface area contributed by atoms with Crippen LogP contribution in [0.4, 0.5) is 0 Å². The van der Waals surface area contributed by atoms with Crippen molar-refractivity contribution in [2.24, 2.45) is 5.92 Å². The molecule has 0 saturated carbocycles. The molecule has 0 aliphatic carbocycles. The monoisotopic (exact) mass is 350 g/mol. The molecule has 1 aromatic heterocycles. The number of carbonyl (C=O) groups excluding carboxylic acids is 2. The second-order valence-corrected chi connectivity index (χ2v) is 6.99. The van der Waals surface area contributed by atoms with Crippen LogP contribution in [0.3, 0.4) is 0 Å². The van der Waals surface area contributed by atoms with Crippen LogP contribution in [-0.2, 0) is 9.59 Å². The zero-order valence-corrected chi connectivity index (χ0v) is 15.0. The fourth-order valence-corrected chi connectivity index (χ4v) is 3.95. The zero-order chi connectivity index (χ0) is 18.1. The van der Waals surface area contributed by atoms with Crippen LogP contribution in [0.2, 0.25) is 0 Å². The third-order valence-electron chi connectivity index (χ3n) is 5.28. The number of carbonyl (C=O) groups is 2. The molecule has 138 valence electrons. The number of hydrogen-bond donors (Lipinski definition) is 1. The lowest BCUT2D eigenvalue weighted by molar-refractivity contribution is -0.137. The minimum Gasteiger partial charge on any atom is -0.391 e. The number of aliphatic hydroxyl groups excluding tert-OH is 1. The molecule has 2 aliphatic rings. The van der Waals surface area contributed by atoms with E-state index in [2.05, 4.69) is 24.0 Å².